The molecule has 6 nitrogen and oxygen atoms in total. The van der Waals surface area contributed by atoms with Crippen LogP contribution in [0.2, 0.25) is 0 Å². The Balaban J connectivity index is 1.87. The molecular weight excluding hydrogens is 321 g/mol. The third-order valence-electron chi connectivity index (χ3n) is 3.60. The van der Waals surface area contributed by atoms with Gasteiger partial charge < -0.3 is 5.09 Å². The maximum absolute atomic E-state index is 13.0. The van der Waals surface area contributed by atoms with Gasteiger partial charge >= 0.3 is 0 Å². The van der Waals surface area contributed by atoms with Crippen LogP contribution >= 0.6 is 18.6 Å². The summed E-state index contributed by atoms with van der Waals surface area (Å²) in [6.07, 6.45) is 4.23. The highest BCUT2D eigenvalue weighted by Gasteiger charge is 2.26. The van der Waals surface area contributed by atoms with E-state index in [1.54, 1.807) is 18.8 Å². The van der Waals surface area contributed by atoms with Crippen molar-refractivity contribution in [1.82, 2.24) is 4.98 Å². The molecule has 8 heteroatoms. The van der Waals surface area contributed by atoms with Gasteiger partial charge in [-0.1, -0.05) is 6.07 Å². The quantitative estimate of drug-likeness (QED) is 0.524. The first-order chi connectivity index (χ1) is 10.5. The van der Waals surface area contributed by atoms with Gasteiger partial charge in [-0.2, -0.15) is 0 Å². The molecule has 1 heterocycles. The first kappa shape index (κ1) is 15.2. The average Bonchev–Trinajstić information content (AvgIpc) is 2.92. The van der Waals surface area contributed by atoms with Gasteiger partial charge in [0.2, 0.25) is 7.29 Å². The number of nitro benzene ring substituents is 1. The third-order valence-corrected chi connectivity index (χ3v) is 7.39. The van der Waals surface area contributed by atoms with Gasteiger partial charge in [0, 0.05) is 29.4 Å². The number of non-ortho nitro benzene ring substituents is 1. The fourth-order valence-electron chi connectivity index (χ4n) is 2.50. The number of hydrogen-bond acceptors (Lipinski definition) is 5. The molecular formula is C14H16N3O3PS. The monoisotopic (exact) mass is 337 g/mol. The van der Waals surface area contributed by atoms with E-state index in [0.29, 0.717) is 10.4 Å². The lowest BCUT2D eigenvalue weighted by molar-refractivity contribution is -0.384. The summed E-state index contributed by atoms with van der Waals surface area (Å²) in [5.41, 5.74) is 1.52. The van der Waals surface area contributed by atoms with E-state index < -0.39 is 12.2 Å². The molecule has 0 radical (unpaired) electrons. The average molecular weight is 337 g/mol. The predicted octanol–water partition coefficient (Wildman–Crippen LogP) is 3.58. The second-order valence-corrected chi connectivity index (χ2v) is 9.30. The first-order valence-corrected chi connectivity index (χ1v) is 10.0. The predicted molar refractivity (Wildman–Crippen MR) is 88.6 cm³/mol. The summed E-state index contributed by atoms with van der Waals surface area (Å²) >= 11 is 1.50. The van der Waals surface area contributed by atoms with Crippen molar-refractivity contribution in [2.45, 2.75) is 25.7 Å². The number of nitro groups is 1. The van der Waals surface area contributed by atoms with E-state index in [1.807, 2.05) is 0 Å². The number of nitrogens with one attached hydrogen (secondary N) is 1. The highest BCUT2D eigenvalue weighted by atomic mass is 32.1. The SMILES string of the molecule is C[P@@](=O)(Nc1cccc([N+](=O)[O-])c1)c1nc2c(s1)CCCC2. The van der Waals surface area contributed by atoms with Gasteiger partial charge in [0.15, 0.2) is 4.75 Å². The molecule has 116 valence electrons. The molecule has 1 atom stereocenters. The van der Waals surface area contributed by atoms with Gasteiger partial charge in [0.05, 0.1) is 10.6 Å². The fraction of sp³-hybridized carbons (Fsp3) is 0.357. The summed E-state index contributed by atoms with van der Waals surface area (Å²) in [5, 5.41) is 13.8. The standard InChI is InChI=1S/C14H16N3O3PS/c1-21(20,14-15-12-7-2-3-8-13(12)22-14)16-10-5-4-6-11(9-10)17(18)19/h4-6,9H,2-3,7-8H2,1H3,(H,16,20)/t21-/m0/s1. The van der Waals surface area contributed by atoms with E-state index in [9.17, 15) is 14.7 Å². The second-order valence-electron chi connectivity index (χ2n) is 5.42. The molecule has 0 fully saturated rings. The summed E-state index contributed by atoms with van der Waals surface area (Å²) < 4.78 is 13.6. The topological polar surface area (TPSA) is 85.1 Å². The van der Waals surface area contributed by atoms with E-state index in [4.69, 9.17) is 0 Å². The Morgan fingerprint density at radius 3 is 2.86 bits per heavy atom. The van der Waals surface area contributed by atoms with Crippen molar-refractivity contribution in [2.24, 2.45) is 0 Å². The highest BCUT2D eigenvalue weighted by Crippen LogP contribution is 2.43. The molecule has 0 amide bonds. The van der Waals surface area contributed by atoms with E-state index in [2.05, 4.69) is 10.1 Å². The van der Waals surface area contributed by atoms with E-state index in [1.165, 1.54) is 28.3 Å². The van der Waals surface area contributed by atoms with Gasteiger partial charge in [0.25, 0.3) is 5.69 Å². The number of rotatable bonds is 4. The molecule has 3 rings (SSSR count). The molecule has 0 spiro atoms. The first-order valence-electron chi connectivity index (χ1n) is 7.05. The van der Waals surface area contributed by atoms with Crippen molar-refractivity contribution < 1.29 is 9.49 Å². The molecule has 0 unspecified atom stereocenters. The Kier molecular flexibility index (Phi) is 4.02. The van der Waals surface area contributed by atoms with Crippen LogP contribution in [0.3, 0.4) is 0 Å². The minimum atomic E-state index is -2.89. The maximum atomic E-state index is 13.0. The zero-order chi connectivity index (χ0) is 15.7. The van der Waals surface area contributed by atoms with Crippen molar-refractivity contribution in [2.75, 3.05) is 11.8 Å². The number of aromatic nitrogens is 1. The number of thiazole rings is 1. The van der Waals surface area contributed by atoms with Crippen LogP contribution in [-0.2, 0) is 17.4 Å². The summed E-state index contributed by atoms with van der Waals surface area (Å²) in [7, 11) is -2.89. The fourth-order valence-corrected chi connectivity index (χ4v) is 5.60. The van der Waals surface area contributed by atoms with Crippen LogP contribution in [0.1, 0.15) is 23.4 Å². The van der Waals surface area contributed by atoms with Crippen LogP contribution in [0.25, 0.3) is 0 Å². The minimum absolute atomic E-state index is 0.0246. The van der Waals surface area contributed by atoms with Crippen LogP contribution in [0.5, 0.6) is 0 Å². The Morgan fingerprint density at radius 1 is 1.36 bits per heavy atom. The van der Waals surface area contributed by atoms with Gasteiger partial charge in [-0.25, -0.2) is 4.98 Å². The van der Waals surface area contributed by atoms with Crippen LogP contribution in [-0.4, -0.2) is 16.6 Å². The molecule has 0 aliphatic heterocycles. The zero-order valence-corrected chi connectivity index (χ0v) is 13.8. The number of aryl methyl sites for hydroxylation is 2. The van der Waals surface area contributed by atoms with Gasteiger partial charge in [-0.05, 0) is 31.7 Å². The van der Waals surface area contributed by atoms with E-state index in [0.717, 1.165) is 31.4 Å². The Labute approximate surface area is 132 Å². The lowest BCUT2D eigenvalue weighted by atomic mass is 10.0. The lowest BCUT2D eigenvalue weighted by Crippen LogP contribution is -2.10. The van der Waals surface area contributed by atoms with Gasteiger partial charge in [-0.3, -0.25) is 14.7 Å². The second kappa shape index (κ2) is 5.82. The lowest BCUT2D eigenvalue weighted by Gasteiger charge is -2.13. The molecule has 1 aliphatic carbocycles. The molecule has 0 saturated heterocycles. The van der Waals surface area contributed by atoms with Crippen molar-refractivity contribution in [3.63, 3.8) is 0 Å². The smallest absolute Gasteiger partial charge is 0.271 e. The number of benzene rings is 1. The van der Waals surface area contributed by atoms with Gasteiger partial charge in [-0.15, -0.1) is 11.3 Å². The molecule has 22 heavy (non-hydrogen) atoms. The Morgan fingerprint density at radius 2 is 2.14 bits per heavy atom. The number of anilines is 1. The number of fused-ring (bicyclic) bond motifs is 1. The van der Waals surface area contributed by atoms with Gasteiger partial charge in [0.1, 0.15) is 0 Å². The molecule has 0 bridgehead atoms. The third kappa shape index (κ3) is 3.05. The molecule has 1 aromatic carbocycles. The Hall–Kier alpha value is -1.72. The van der Waals surface area contributed by atoms with Crippen molar-refractivity contribution in [1.29, 1.82) is 0 Å². The van der Waals surface area contributed by atoms with E-state index in [-0.39, 0.29) is 5.69 Å². The van der Waals surface area contributed by atoms with Crippen LogP contribution < -0.4 is 9.84 Å². The molecule has 1 N–H and O–H groups in total. The maximum Gasteiger partial charge on any atom is 0.271 e. The van der Waals surface area contributed by atoms with E-state index >= 15 is 0 Å². The summed E-state index contributed by atoms with van der Waals surface area (Å²) in [6.45, 7) is 1.62. The molecule has 1 aliphatic rings. The summed E-state index contributed by atoms with van der Waals surface area (Å²) in [6, 6.07) is 6.06. The summed E-state index contributed by atoms with van der Waals surface area (Å²) in [5.74, 6) is 0. The van der Waals surface area contributed by atoms with Crippen LogP contribution in [0.4, 0.5) is 11.4 Å². The van der Waals surface area contributed by atoms with Crippen LogP contribution in [0.15, 0.2) is 24.3 Å². The normalized spacial score (nSPS) is 16.6. The number of hydrogen-bond donors (Lipinski definition) is 1. The number of nitrogens with zero attached hydrogens (tertiary/aromatic N) is 2. The van der Waals surface area contributed by atoms with Crippen molar-refractivity contribution in [3.8, 4) is 0 Å². The minimum Gasteiger partial charge on any atom is -0.331 e. The molecule has 0 saturated carbocycles. The highest BCUT2D eigenvalue weighted by molar-refractivity contribution is 7.77. The Bertz CT molecular complexity index is 751. The zero-order valence-electron chi connectivity index (χ0n) is 12.1. The largest absolute Gasteiger partial charge is 0.331 e. The molecule has 1 aromatic heterocycles. The van der Waals surface area contributed by atoms with Crippen molar-refractivity contribution in [3.05, 3.63) is 45.0 Å². The molecule has 2 aromatic rings. The summed E-state index contributed by atoms with van der Waals surface area (Å²) in [4.78, 5) is 16.1. The van der Waals surface area contributed by atoms with Crippen LogP contribution in [0, 0.1) is 10.1 Å². The van der Waals surface area contributed by atoms with Crippen molar-refractivity contribution >= 4 is 34.8 Å².